The van der Waals surface area contributed by atoms with E-state index in [1.54, 1.807) is 0 Å². The molecule has 6 rings (SSSR count). The second-order valence-corrected chi connectivity index (χ2v) is 8.68. The molecule has 6 aromatic rings. The Kier molecular flexibility index (Phi) is 5.89. The number of benzene rings is 3. The summed E-state index contributed by atoms with van der Waals surface area (Å²) in [6.45, 7) is 3.81. The maximum Gasteiger partial charge on any atom is 0.255 e. The van der Waals surface area contributed by atoms with Crippen molar-refractivity contribution in [2.45, 2.75) is 20.5 Å². The van der Waals surface area contributed by atoms with E-state index in [9.17, 15) is 5.21 Å². The molecule has 0 spiro atoms. The Balaban J connectivity index is 1.22. The van der Waals surface area contributed by atoms with E-state index in [1.165, 1.54) is 0 Å². The lowest BCUT2D eigenvalue weighted by molar-refractivity contribution is -0.808. The van der Waals surface area contributed by atoms with Crippen molar-refractivity contribution < 1.29 is 14.3 Å². The van der Waals surface area contributed by atoms with Crippen molar-refractivity contribution in [2.24, 2.45) is 0 Å². The number of hydrogen-bond donors (Lipinski definition) is 1. The highest BCUT2D eigenvalue weighted by molar-refractivity contribution is 5.92. The largest absolute Gasteiger partial charge is 0.485 e. The van der Waals surface area contributed by atoms with Gasteiger partial charge in [-0.05, 0) is 55.1 Å². The van der Waals surface area contributed by atoms with Crippen LogP contribution in [0.2, 0.25) is 0 Å². The van der Waals surface area contributed by atoms with Gasteiger partial charge in [0.05, 0.1) is 16.8 Å². The minimum absolute atomic E-state index is 0.00754. The molecular weight excluding hydrogens is 482 g/mol. The number of hydrogen-bond acceptors (Lipinski definition) is 8. The summed E-state index contributed by atoms with van der Waals surface area (Å²) in [5.74, 6) is 1.89. The molecule has 3 aromatic heterocycles. The summed E-state index contributed by atoms with van der Waals surface area (Å²) >= 11 is 0. The lowest BCUT2D eigenvalue weighted by Gasteiger charge is -2.10. The Morgan fingerprint density at radius 1 is 0.921 bits per heavy atom. The molecule has 0 aliphatic rings. The third-order valence-corrected chi connectivity index (χ3v) is 6.05. The molecule has 0 amide bonds. The fourth-order valence-electron chi connectivity index (χ4n) is 4.26. The Hall–Kier alpha value is -5.25. The Morgan fingerprint density at radius 3 is 2.37 bits per heavy atom. The lowest BCUT2D eigenvalue weighted by Crippen LogP contribution is -2.29. The molecule has 188 valence electrons. The van der Waals surface area contributed by atoms with Gasteiger partial charge in [0.2, 0.25) is 5.69 Å². The van der Waals surface area contributed by atoms with Gasteiger partial charge in [0, 0.05) is 16.4 Å². The number of nitrogens with zero attached hydrogens (tertiary/aromatic N) is 6. The van der Waals surface area contributed by atoms with Gasteiger partial charge in [-0.1, -0.05) is 48.5 Å². The van der Waals surface area contributed by atoms with Gasteiger partial charge in [-0.2, -0.15) is 5.10 Å². The van der Waals surface area contributed by atoms with Crippen LogP contribution in [-0.2, 0) is 6.61 Å². The normalized spacial score (nSPS) is 11.1. The molecule has 0 aliphatic carbocycles. The molecule has 3 aromatic carbocycles. The number of fused-ring (bicyclic) bond motifs is 1. The van der Waals surface area contributed by atoms with E-state index in [0.29, 0.717) is 33.7 Å². The molecule has 0 saturated heterocycles. The van der Waals surface area contributed by atoms with Crippen LogP contribution in [0.1, 0.15) is 17.2 Å². The zero-order chi connectivity index (χ0) is 26.1. The molecule has 0 radical (unpaired) electrons. The molecule has 0 fully saturated rings. The predicted molar refractivity (Wildman–Crippen MR) is 141 cm³/mol. The number of anilines is 2. The monoisotopic (exact) mass is 505 g/mol. The standard InChI is InChI=1S/C28H23N7O3/c1-18-25-27(29-19(2)30-28(25)34(32-18)22-11-7-4-8-12-22)31-21-13-15-23(16-14-21)37-17-24-26(33-38-35(24)36)20-9-5-3-6-10-20/h3-16H,17H2,1-2H3,(H,29,30,31). The van der Waals surface area contributed by atoms with Crippen molar-refractivity contribution in [2.75, 3.05) is 5.32 Å². The smallest absolute Gasteiger partial charge is 0.255 e. The van der Waals surface area contributed by atoms with Crippen LogP contribution in [0.5, 0.6) is 5.75 Å². The van der Waals surface area contributed by atoms with Crippen LogP contribution >= 0.6 is 0 Å². The van der Waals surface area contributed by atoms with Crippen molar-refractivity contribution in [3.8, 4) is 22.7 Å². The topological polar surface area (TPSA) is 118 Å². The summed E-state index contributed by atoms with van der Waals surface area (Å²) in [5.41, 5.74) is 4.83. The van der Waals surface area contributed by atoms with E-state index in [0.717, 1.165) is 33.7 Å². The van der Waals surface area contributed by atoms with Crippen LogP contribution in [0.4, 0.5) is 11.5 Å². The van der Waals surface area contributed by atoms with E-state index in [-0.39, 0.29) is 6.61 Å². The number of aromatic nitrogens is 6. The zero-order valence-electron chi connectivity index (χ0n) is 20.7. The van der Waals surface area contributed by atoms with Crippen LogP contribution < -0.4 is 15.0 Å². The van der Waals surface area contributed by atoms with E-state index in [4.69, 9.17) is 14.5 Å². The SMILES string of the molecule is Cc1nc(Nc2ccc(OCc3c(-c4ccccc4)no[n+]3[O-])cc2)c2c(C)nn(-c3ccccc3)c2n1. The average molecular weight is 506 g/mol. The minimum Gasteiger partial charge on any atom is -0.485 e. The van der Waals surface area contributed by atoms with Crippen LogP contribution in [-0.4, -0.2) is 24.9 Å². The van der Waals surface area contributed by atoms with Crippen LogP contribution in [0, 0.1) is 19.1 Å². The first-order valence-electron chi connectivity index (χ1n) is 12.0. The van der Waals surface area contributed by atoms with Gasteiger partial charge < -0.3 is 15.3 Å². The van der Waals surface area contributed by atoms with Crippen molar-refractivity contribution in [3.63, 3.8) is 0 Å². The molecule has 0 saturated carbocycles. The van der Waals surface area contributed by atoms with Crippen LogP contribution in [0.25, 0.3) is 28.0 Å². The first-order valence-corrected chi connectivity index (χ1v) is 12.0. The molecule has 0 atom stereocenters. The van der Waals surface area contributed by atoms with Gasteiger partial charge in [0.25, 0.3) is 5.69 Å². The van der Waals surface area contributed by atoms with Gasteiger partial charge in [0.15, 0.2) is 12.3 Å². The number of rotatable bonds is 7. The van der Waals surface area contributed by atoms with Crippen molar-refractivity contribution >= 4 is 22.5 Å². The number of ether oxygens (including phenoxy) is 1. The highest BCUT2D eigenvalue weighted by Crippen LogP contribution is 2.29. The van der Waals surface area contributed by atoms with E-state index in [2.05, 4.69) is 20.4 Å². The number of para-hydroxylation sites is 1. The Morgan fingerprint density at radius 2 is 1.63 bits per heavy atom. The summed E-state index contributed by atoms with van der Waals surface area (Å²) in [4.78, 5) is 9.68. The third kappa shape index (κ3) is 4.39. The summed E-state index contributed by atoms with van der Waals surface area (Å²) in [6, 6.07) is 26.6. The molecule has 38 heavy (non-hydrogen) atoms. The molecule has 10 nitrogen and oxygen atoms in total. The van der Waals surface area contributed by atoms with Crippen molar-refractivity contribution in [1.82, 2.24) is 24.9 Å². The van der Waals surface area contributed by atoms with Crippen LogP contribution in [0.15, 0.2) is 89.6 Å². The second-order valence-electron chi connectivity index (χ2n) is 8.68. The Bertz CT molecular complexity index is 1710. The molecule has 3 heterocycles. The Labute approximate surface area is 217 Å². The van der Waals surface area contributed by atoms with Crippen molar-refractivity contribution in [1.29, 1.82) is 0 Å². The molecule has 0 bridgehead atoms. The van der Waals surface area contributed by atoms with Crippen LogP contribution in [0.3, 0.4) is 0 Å². The molecule has 1 N–H and O–H groups in total. The van der Waals surface area contributed by atoms with E-state index >= 15 is 0 Å². The fraction of sp³-hybridized carbons (Fsp3) is 0.107. The maximum atomic E-state index is 12.1. The summed E-state index contributed by atoms with van der Waals surface area (Å²) in [6.07, 6.45) is 0. The zero-order valence-corrected chi connectivity index (χ0v) is 20.7. The average Bonchev–Trinajstić information content (AvgIpc) is 3.48. The lowest BCUT2D eigenvalue weighted by atomic mass is 10.1. The first kappa shape index (κ1) is 23.2. The fourth-order valence-corrected chi connectivity index (χ4v) is 4.26. The molecule has 10 heteroatoms. The van der Waals surface area contributed by atoms with Gasteiger partial charge in [-0.3, -0.25) is 4.63 Å². The highest BCUT2D eigenvalue weighted by atomic mass is 16.8. The van der Waals surface area contributed by atoms with E-state index < -0.39 is 0 Å². The third-order valence-electron chi connectivity index (χ3n) is 6.05. The van der Waals surface area contributed by atoms with Crippen molar-refractivity contribution in [3.05, 3.63) is 107 Å². The second kappa shape index (κ2) is 9.66. The van der Waals surface area contributed by atoms with Gasteiger partial charge >= 0.3 is 0 Å². The molecule has 0 aliphatic heterocycles. The highest BCUT2D eigenvalue weighted by Gasteiger charge is 2.21. The predicted octanol–water partition coefficient (Wildman–Crippen LogP) is 5.04. The molecular formula is C28H23N7O3. The summed E-state index contributed by atoms with van der Waals surface area (Å²) < 4.78 is 12.5. The van der Waals surface area contributed by atoms with Gasteiger partial charge in [-0.25, -0.2) is 14.6 Å². The van der Waals surface area contributed by atoms with E-state index in [1.807, 2.05) is 103 Å². The quantitative estimate of drug-likeness (QED) is 0.300. The minimum atomic E-state index is 0.00754. The molecule has 0 unspecified atom stereocenters. The number of nitrogens with one attached hydrogen (secondary N) is 1. The van der Waals surface area contributed by atoms with Gasteiger partial charge in [0.1, 0.15) is 17.4 Å². The first-order chi connectivity index (χ1) is 18.6. The van der Waals surface area contributed by atoms with Gasteiger partial charge in [-0.15, -0.1) is 0 Å². The summed E-state index contributed by atoms with van der Waals surface area (Å²) in [5, 5.41) is 25.0. The maximum absolute atomic E-state index is 12.1. The number of aryl methyl sites for hydroxylation is 2. The summed E-state index contributed by atoms with van der Waals surface area (Å²) in [7, 11) is 0.